The summed E-state index contributed by atoms with van der Waals surface area (Å²) in [7, 11) is -2.88. The molecular formula is C10H20N4O2S. The van der Waals surface area contributed by atoms with Crippen LogP contribution < -0.4 is 5.32 Å². The molecule has 0 saturated carbocycles. The first-order valence-electron chi connectivity index (χ1n) is 5.79. The average molecular weight is 260 g/mol. The topological polar surface area (TPSA) is 87.7 Å². The zero-order valence-corrected chi connectivity index (χ0v) is 11.1. The van der Waals surface area contributed by atoms with E-state index in [4.69, 9.17) is 0 Å². The Balaban J connectivity index is 2.47. The zero-order chi connectivity index (χ0) is 12.7. The summed E-state index contributed by atoms with van der Waals surface area (Å²) in [4.78, 5) is 4.11. The zero-order valence-electron chi connectivity index (χ0n) is 10.3. The van der Waals surface area contributed by atoms with Crippen molar-refractivity contribution in [1.82, 2.24) is 20.5 Å². The van der Waals surface area contributed by atoms with Crippen LogP contribution in [0.15, 0.2) is 6.33 Å². The molecule has 1 heterocycles. The normalized spacial score (nSPS) is 13.8. The van der Waals surface area contributed by atoms with Gasteiger partial charge in [-0.2, -0.15) is 5.10 Å². The molecule has 1 aromatic rings. The summed E-state index contributed by atoms with van der Waals surface area (Å²) in [6.07, 6.45) is 5.11. The second kappa shape index (κ2) is 6.70. The molecule has 2 N–H and O–H groups in total. The summed E-state index contributed by atoms with van der Waals surface area (Å²) in [6, 6.07) is 0.0548. The lowest BCUT2D eigenvalue weighted by Gasteiger charge is -2.15. The van der Waals surface area contributed by atoms with E-state index >= 15 is 0 Å². The molecule has 0 radical (unpaired) electrons. The number of nitrogens with one attached hydrogen (secondary N) is 2. The Bertz CT molecular complexity index is 402. The molecule has 98 valence electrons. The van der Waals surface area contributed by atoms with Gasteiger partial charge in [-0.05, 0) is 25.8 Å². The van der Waals surface area contributed by atoms with E-state index in [-0.39, 0.29) is 11.8 Å². The van der Waals surface area contributed by atoms with Crippen molar-refractivity contribution in [2.45, 2.75) is 32.2 Å². The highest BCUT2D eigenvalue weighted by Gasteiger charge is 2.14. The van der Waals surface area contributed by atoms with Crippen LogP contribution in [0.3, 0.4) is 0 Å². The minimum atomic E-state index is -2.88. The van der Waals surface area contributed by atoms with E-state index in [0.29, 0.717) is 6.42 Å². The fourth-order valence-corrected chi connectivity index (χ4v) is 2.28. The molecule has 0 aliphatic carbocycles. The number of sulfone groups is 1. The number of aromatic nitrogens is 3. The Labute approximate surface area is 102 Å². The lowest BCUT2D eigenvalue weighted by Crippen LogP contribution is -2.24. The van der Waals surface area contributed by atoms with Crippen LogP contribution in [0.25, 0.3) is 0 Å². The van der Waals surface area contributed by atoms with Crippen LogP contribution in [-0.4, -0.2) is 42.2 Å². The van der Waals surface area contributed by atoms with E-state index in [1.54, 1.807) is 0 Å². The highest BCUT2D eigenvalue weighted by Crippen LogP contribution is 2.14. The van der Waals surface area contributed by atoms with Crippen LogP contribution in [0.2, 0.25) is 0 Å². The average Bonchev–Trinajstić information content (AvgIpc) is 2.74. The third-order valence-corrected chi connectivity index (χ3v) is 3.44. The Morgan fingerprint density at radius 3 is 2.82 bits per heavy atom. The van der Waals surface area contributed by atoms with Crippen molar-refractivity contribution in [2.24, 2.45) is 0 Å². The maximum absolute atomic E-state index is 11.1. The van der Waals surface area contributed by atoms with Gasteiger partial charge in [-0.25, -0.2) is 13.4 Å². The predicted octanol–water partition coefficient (Wildman–Crippen LogP) is 0.670. The molecule has 1 unspecified atom stereocenters. The van der Waals surface area contributed by atoms with Crippen LogP contribution >= 0.6 is 0 Å². The molecule has 0 aliphatic heterocycles. The first kappa shape index (κ1) is 14.1. The van der Waals surface area contributed by atoms with E-state index in [0.717, 1.165) is 25.2 Å². The molecule has 0 aromatic carbocycles. The Morgan fingerprint density at radius 2 is 2.29 bits per heavy atom. The number of nitrogens with zero attached hydrogens (tertiary/aromatic N) is 2. The SMILES string of the molecule is CCCNC(CCCS(C)(=O)=O)c1ncn[nH]1. The fraction of sp³-hybridized carbons (Fsp3) is 0.800. The quantitative estimate of drug-likeness (QED) is 0.717. The van der Waals surface area contributed by atoms with E-state index < -0.39 is 9.84 Å². The summed E-state index contributed by atoms with van der Waals surface area (Å²) in [6.45, 7) is 2.96. The van der Waals surface area contributed by atoms with Gasteiger partial charge in [-0.15, -0.1) is 0 Å². The van der Waals surface area contributed by atoms with Gasteiger partial charge in [0.2, 0.25) is 0 Å². The number of hydrogen-bond donors (Lipinski definition) is 2. The maximum Gasteiger partial charge on any atom is 0.147 e. The molecule has 6 nitrogen and oxygen atoms in total. The summed E-state index contributed by atoms with van der Waals surface area (Å²) in [5, 5.41) is 9.96. The van der Waals surface area contributed by atoms with Crippen molar-refractivity contribution in [3.63, 3.8) is 0 Å². The van der Waals surface area contributed by atoms with Crippen LogP contribution in [0.5, 0.6) is 0 Å². The molecule has 0 aliphatic rings. The first-order valence-corrected chi connectivity index (χ1v) is 7.85. The van der Waals surface area contributed by atoms with Gasteiger partial charge in [0.25, 0.3) is 0 Å². The standard InChI is InChI=1S/C10H20N4O2S/c1-3-6-11-9(10-12-8-13-14-10)5-4-7-17(2,15)16/h8-9,11H,3-7H2,1-2H3,(H,12,13,14). The molecule has 7 heteroatoms. The predicted molar refractivity (Wildman–Crippen MR) is 66.4 cm³/mol. The molecule has 1 atom stereocenters. The highest BCUT2D eigenvalue weighted by atomic mass is 32.2. The molecule has 0 bridgehead atoms. The number of H-pyrrole nitrogens is 1. The minimum absolute atomic E-state index is 0.0548. The maximum atomic E-state index is 11.1. The van der Waals surface area contributed by atoms with Crippen LogP contribution in [0.1, 0.15) is 38.1 Å². The fourth-order valence-electron chi connectivity index (χ4n) is 1.59. The molecule has 0 saturated heterocycles. The molecule has 0 spiro atoms. The number of aromatic amines is 1. The lowest BCUT2D eigenvalue weighted by molar-refractivity contribution is 0.472. The Hall–Kier alpha value is -0.950. The largest absolute Gasteiger partial charge is 0.307 e. The number of rotatable bonds is 8. The van der Waals surface area contributed by atoms with Crippen molar-refractivity contribution in [1.29, 1.82) is 0 Å². The van der Waals surface area contributed by atoms with Crippen molar-refractivity contribution in [2.75, 3.05) is 18.6 Å². The third-order valence-electron chi connectivity index (χ3n) is 2.41. The Morgan fingerprint density at radius 1 is 1.53 bits per heavy atom. The van der Waals surface area contributed by atoms with Gasteiger partial charge in [0.05, 0.1) is 6.04 Å². The van der Waals surface area contributed by atoms with E-state index in [1.165, 1.54) is 12.6 Å². The van der Waals surface area contributed by atoms with Gasteiger partial charge in [0.1, 0.15) is 22.0 Å². The molecular weight excluding hydrogens is 240 g/mol. The van der Waals surface area contributed by atoms with Gasteiger partial charge in [0, 0.05) is 12.0 Å². The van der Waals surface area contributed by atoms with Gasteiger partial charge >= 0.3 is 0 Å². The van der Waals surface area contributed by atoms with E-state index in [9.17, 15) is 8.42 Å². The van der Waals surface area contributed by atoms with Gasteiger partial charge in [0.15, 0.2) is 0 Å². The molecule has 1 aromatic heterocycles. The van der Waals surface area contributed by atoms with Crippen molar-refractivity contribution < 1.29 is 8.42 Å². The summed E-state index contributed by atoms with van der Waals surface area (Å²) < 4.78 is 22.1. The molecule has 17 heavy (non-hydrogen) atoms. The van der Waals surface area contributed by atoms with Crippen molar-refractivity contribution in [3.8, 4) is 0 Å². The third kappa shape index (κ3) is 5.78. The van der Waals surface area contributed by atoms with Crippen LogP contribution in [0.4, 0.5) is 0 Å². The van der Waals surface area contributed by atoms with Crippen LogP contribution in [-0.2, 0) is 9.84 Å². The summed E-state index contributed by atoms with van der Waals surface area (Å²) in [5.41, 5.74) is 0. The Kier molecular flexibility index (Phi) is 5.57. The second-order valence-electron chi connectivity index (χ2n) is 4.15. The van der Waals surface area contributed by atoms with Crippen LogP contribution in [0, 0.1) is 0 Å². The lowest BCUT2D eigenvalue weighted by atomic mass is 10.1. The molecule has 1 rings (SSSR count). The molecule has 0 amide bonds. The van der Waals surface area contributed by atoms with E-state index in [1.807, 2.05) is 0 Å². The minimum Gasteiger partial charge on any atom is -0.307 e. The van der Waals surface area contributed by atoms with Crippen molar-refractivity contribution >= 4 is 9.84 Å². The molecule has 0 fully saturated rings. The van der Waals surface area contributed by atoms with Gasteiger partial charge in [-0.3, -0.25) is 5.10 Å². The second-order valence-corrected chi connectivity index (χ2v) is 6.41. The van der Waals surface area contributed by atoms with Gasteiger partial charge < -0.3 is 5.32 Å². The number of hydrogen-bond acceptors (Lipinski definition) is 5. The monoisotopic (exact) mass is 260 g/mol. The highest BCUT2D eigenvalue weighted by molar-refractivity contribution is 7.90. The van der Waals surface area contributed by atoms with Gasteiger partial charge in [-0.1, -0.05) is 6.92 Å². The smallest absolute Gasteiger partial charge is 0.147 e. The summed E-state index contributed by atoms with van der Waals surface area (Å²) in [5.74, 6) is 0.984. The van der Waals surface area contributed by atoms with E-state index in [2.05, 4.69) is 27.4 Å². The summed E-state index contributed by atoms with van der Waals surface area (Å²) >= 11 is 0. The van der Waals surface area contributed by atoms with Crippen molar-refractivity contribution in [3.05, 3.63) is 12.2 Å². The first-order chi connectivity index (χ1) is 8.03.